The lowest BCUT2D eigenvalue weighted by atomic mass is 10.1. The van der Waals surface area contributed by atoms with E-state index in [1.807, 2.05) is 10.9 Å². The van der Waals surface area contributed by atoms with Crippen molar-refractivity contribution in [3.8, 4) is 11.1 Å². The summed E-state index contributed by atoms with van der Waals surface area (Å²) in [5.41, 5.74) is 6.23. The lowest BCUT2D eigenvalue weighted by Gasteiger charge is -2.22. The van der Waals surface area contributed by atoms with E-state index >= 15 is 0 Å². The average Bonchev–Trinajstić information content (AvgIpc) is 3.26. The molecular weight excluding hydrogens is 466 g/mol. The van der Waals surface area contributed by atoms with Gasteiger partial charge in [-0.25, -0.2) is 9.37 Å². The fourth-order valence-corrected chi connectivity index (χ4v) is 4.96. The van der Waals surface area contributed by atoms with Crippen molar-refractivity contribution in [2.75, 3.05) is 18.8 Å². The zero-order chi connectivity index (χ0) is 22.9. The highest BCUT2D eigenvalue weighted by atomic mass is 35.5. The fourth-order valence-electron chi connectivity index (χ4n) is 3.64. The number of anilines is 1. The lowest BCUT2D eigenvalue weighted by Crippen LogP contribution is -2.29. The maximum Gasteiger partial charge on any atom is 0.416 e. The summed E-state index contributed by atoms with van der Waals surface area (Å²) in [5.74, 6) is -0.944. The number of rotatable bonds is 5. The molecule has 32 heavy (non-hydrogen) atoms. The minimum atomic E-state index is -4.65. The van der Waals surface area contributed by atoms with E-state index in [9.17, 15) is 17.6 Å². The van der Waals surface area contributed by atoms with Gasteiger partial charge in [-0.15, -0.1) is 11.8 Å². The number of halogens is 5. The molecule has 0 saturated carbocycles. The average molecular weight is 486 g/mol. The first-order chi connectivity index (χ1) is 15.2. The number of alkyl halides is 3. The van der Waals surface area contributed by atoms with Crippen molar-refractivity contribution in [3.63, 3.8) is 0 Å². The van der Waals surface area contributed by atoms with E-state index in [-0.39, 0.29) is 17.1 Å². The molecule has 3 aromatic rings. The van der Waals surface area contributed by atoms with E-state index in [2.05, 4.69) is 15.4 Å². The maximum absolute atomic E-state index is 13.8. The number of hydrogen-bond donors (Lipinski definition) is 2. The normalized spacial score (nSPS) is 15.3. The number of nitrogens with one attached hydrogen (secondary N) is 1. The molecule has 0 spiro atoms. The summed E-state index contributed by atoms with van der Waals surface area (Å²) in [7, 11) is 0. The molecule has 170 valence electrons. The van der Waals surface area contributed by atoms with Crippen molar-refractivity contribution in [1.29, 1.82) is 0 Å². The third kappa shape index (κ3) is 4.87. The number of pyridine rings is 1. The lowest BCUT2D eigenvalue weighted by molar-refractivity contribution is -0.138. The van der Waals surface area contributed by atoms with Gasteiger partial charge in [-0.1, -0.05) is 11.6 Å². The number of piperidine rings is 1. The second-order valence-corrected chi connectivity index (χ2v) is 8.87. The van der Waals surface area contributed by atoms with Crippen LogP contribution >= 0.6 is 23.4 Å². The second-order valence-electron chi connectivity index (χ2n) is 7.47. The molecule has 2 aromatic heterocycles. The topological polar surface area (TPSA) is 68.8 Å². The molecule has 1 aliphatic rings. The standard InChI is InChI=1S/C21H20ClF4N5S/c22-19-15(16(21(24,25)26)1-2-17(19)23)11-32-18-7-12(8-29-20(18)27)13-9-30-31(10-13)14-3-5-28-6-4-14/h1-2,7-10,14,28H,3-6,11H2,(H2,27,29). The number of nitrogen functional groups attached to an aromatic ring is 1. The SMILES string of the molecule is Nc1ncc(-c2cnn(C3CCNCC3)c2)cc1SCc1c(C(F)(F)F)ccc(F)c1Cl. The second kappa shape index (κ2) is 9.29. The van der Waals surface area contributed by atoms with E-state index in [1.54, 1.807) is 18.5 Å². The minimum absolute atomic E-state index is 0.172. The van der Waals surface area contributed by atoms with Gasteiger partial charge in [0.15, 0.2) is 0 Å². The Morgan fingerprint density at radius 2 is 1.94 bits per heavy atom. The van der Waals surface area contributed by atoms with Gasteiger partial charge in [-0.05, 0) is 49.7 Å². The van der Waals surface area contributed by atoms with Gasteiger partial charge < -0.3 is 11.1 Å². The Labute approximate surface area is 191 Å². The van der Waals surface area contributed by atoms with Gasteiger partial charge in [0.25, 0.3) is 0 Å². The van der Waals surface area contributed by atoms with Crippen LogP contribution in [0, 0.1) is 5.82 Å². The molecule has 1 fully saturated rings. The molecule has 3 heterocycles. The molecule has 0 radical (unpaired) electrons. The Morgan fingerprint density at radius 3 is 2.66 bits per heavy atom. The van der Waals surface area contributed by atoms with Crippen LogP contribution in [0.4, 0.5) is 23.4 Å². The molecule has 0 amide bonds. The van der Waals surface area contributed by atoms with Crippen LogP contribution in [0.25, 0.3) is 11.1 Å². The Bertz CT molecular complexity index is 1110. The van der Waals surface area contributed by atoms with Crippen LogP contribution < -0.4 is 11.1 Å². The Balaban J connectivity index is 1.57. The van der Waals surface area contributed by atoms with Crippen LogP contribution in [0.15, 0.2) is 41.7 Å². The van der Waals surface area contributed by atoms with E-state index < -0.39 is 22.6 Å². The van der Waals surface area contributed by atoms with Gasteiger partial charge in [0.05, 0.1) is 27.7 Å². The van der Waals surface area contributed by atoms with E-state index in [0.29, 0.717) is 17.0 Å². The summed E-state index contributed by atoms with van der Waals surface area (Å²) in [6, 6.07) is 3.48. The monoisotopic (exact) mass is 485 g/mol. The molecule has 4 rings (SSSR count). The molecule has 0 bridgehead atoms. The van der Waals surface area contributed by atoms with E-state index in [1.165, 1.54) is 0 Å². The fraction of sp³-hybridized carbons (Fsp3) is 0.333. The van der Waals surface area contributed by atoms with Gasteiger partial charge in [-0.3, -0.25) is 4.68 Å². The molecular formula is C21H20ClF4N5S. The highest BCUT2D eigenvalue weighted by Gasteiger charge is 2.35. The third-order valence-corrected chi connectivity index (χ3v) is 6.85. The Kier molecular flexibility index (Phi) is 6.64. The van der Waals surface area contributed by atoms with Gasteiger partial charge >= 0.3 is 6.18 Å². The van der Waals surface area contributed by atoms with Crippen LogP contribution in [0.2, 0.25) is 5.02 Å². The predicted molar refractivity (Wildman–Crippen MR) is 117 cm³/mol. The van der Waals surface area contributed by atoms with Crippen molar-refractivity contribution >= 4 is 29.2 Å². The van der Waals surface area contributed by atoms with Crippen molar-refractivity contribution in [3.05, 3.63) is 58.8 Å². The van der Waals surface area contributed by atoms with E-state index in [4.69, 9.17) is 17.3 Å². The zero-order valence-electron chi connectivity index (χ0n) is 16.8. The minimum Gasteiger partial charge on any atom is -0.383 e. The van der Waals surface area contributed by atoms with Gasteiger partial charge in [-0.2, -0.15) is 18.3 Å². The first-order valence-electron chi connectivity index (χ1n) is 9.91. The van der Waals surface area contributed by atoms with Crippen LogP contribution in [0.3, 0.4) is 0 Å². The molecule has 0 aliphatic carbocycles. The van der Waals surface area contributed by atoms with Crippen LogP contribution in [0.5, 0.6) is 0 Å². The summed E-state index contributed by atoms with van der Waals surface area (Å²) < 4.78 is 55.9. The quantitative estimate of drug-likeness (QED) is 0.366. The molecule has 3 N–H and O–H groups in total. The summed E-state index contributed by atoms with van der Waals surface area (Å²) in [4.78, 5) is 4.66. The third-order valence-electron chi connectivity index (χ3n) is 5.37. The van der Waals surface area contributed by atoms with Gasteiger partial charge in [0.2, 0.25) is 0 Å². The molecule has 11 heteroatoms. The molecule has 0 atom stereocenters. The first kappa shape index (κ1) is 22.9. The van der Waals surface area contributed by atoms with Crippen LogP contribution in [-0.4, -0.2) is 27.9 Å². The zero-order valence-corrected chi connectivity index (χ0v) is 18.4. The molecule has 0 unspecified atom stereocenters. The van der Waals surface area contributed by atoms with Crippen LogP contribution in [0.1, 0.15) is 30.0 Å². The van der Waals surface area contributed by atoms with Gasteiger partial charge in [0, 0.05) is 29.3 Å². The van der Waals surface area contributed by atoms with Crippen molar-refractivity contribution in [1.82, 2.24) is 20.1 Å². The van der Waals surface area contributed by atoms with Crippen molar-refractivity contribution in [2.24, 2.45) is 0 Å². The van der Waals surface area contributed by atoms with Crippen molar-refractivity contribution in [2.45, 2.75) is 35.7 Å². The largest absolute Gasteiger partial charge is 0.416 e. The molecule has 1 saturated heterocycles. The highest BCUT2D eigenvalue weighted by Crippen LogP contribution is 2.40. The number of nitrogens with two attached hydrogens (primary N) is 1. The Hall–Kier alpha value is -2.30. The van der Waals surface area contributed by atoms with Crippen LogP contribution in [-0.2, 0) is 11.9 Å². The number of benzene rings is 1. The van der Waals surface area contributed by atoms with Crippen molar-refractivity contribution < 1.29 is 17.6 Å². The summed E-state index contributed by atoms with van der Waals surface area (Å²) in [5, 5.41) is 7.23. The summed E-state index contributed by atoms with van der Waals surface area (Å²) in [6.45, 7) is 1.87. The van der Waals surface area contributed by atoms with Gasteiger partial charge in [0.1, 0.15) is 11.6 Å². The number of nitrogens with zero attached hydrogens (tertiary/aromatic N) is 3. The number of aromatic nitrogens is 3. The molecule has 5 nitrogen and oxygen atoms in total. The predicted octanol–water partition coefficient (Wildman–Crippen LogP) is 5.56. The molecule has 1 aliphatic heterocycles. The smallest absolute Gasteiger partial charge is 0.383 e. The molecule has 1 aromatic carbocycles. The van der Waals surface area contributed by atoms with E-state index in [0.717, 1.165) is 54.9 Å². The Morgan fingerprint density at radius 1 is 1.19 bits per heavy atom. The summed E-state index contributed by atoms with van der Waals surface area (Å²) >= 11 is 6.89. The number of thioether (sulfide) groups is 1. The number of hydrogen-bond acceptors (Lipinski definition) is 5. The first-order valence-corrected chi connectivity index (χ1v) is 11.3. The maximum atomic E-state index is 13.8. The summed E-state index contributed by atoms with van der Waals surface area (Å²) in [6.07, 6.45) is 2.58. The highest BCUT2D eigenvalue weighted by molar-refractivity contribution is 7.98.